The fraction of sp³-hybridized carbons (Fsp3) is 0.111. The first-order chi connectivity index (χ1) is 12.1. The molecule has 0 aliphatic heterocycles. The number of ether oxygens (including phenoxy) is 1. The molecule has 0 radical (unpaired) electrons. The number of esters is 1. The van der Waals surface area contributed by atoms with Crippen LogP contribution in [0.2, 0.25) is 0 Å². The van der Waals surface area contributed by atoms with Crippen molar-refractivity contribution in [2.75, 3.05) is 11.9 Å². The van der Waals surface area contributed by atoms with Crippen molar-refractivity contribution in [2.45, 2.75) is 6.92 Å². The zero-order valence-corrected chi connectivity index (χ0v) is 13.5. The monoisotopic (exact) mass is 336 g/mol. The summed E-state index contributed by atoms with van der Waals surface area (Å²) in [6.07, 6.45) is 0. The van der Waals surface area contributed by atoms with E-state index in [1.165, 1.54) is 0 Å². The van der Waals surface area contributed by atoms with Crippen LogP contribution < -0.4 is 11.1 Å². The number of carbonyl (C=O) groups excluding carboxylic acids is 2. The van der Waals surface area contributed by atoms with E-state index in [1.54, 1.807) is 37.3 Å². The average Bonchev–Trinajstić information content (AvgIpc) is 2.62. The van der Waals surface area contributed by atoms with Gasteiger partial charge in [0.15, 0.2) is 0 Å². The lowest BCUT2D eigenvalue weighted by molar-refractivity contribution is 0.0512. The number of carbonyl (C=O) groups is 2. The van der Waals surface area contributed by atoms with Crippen molar-refractivity contribution >= 4 is 34.3 Å². The number of benzene rings is 2. The molecule has 1 aromatic heterocycles. The van der Waals surface area contributed by atoms with Gasteiger partial charge in [0.2, 0.25) is 5.82 Å². The number of amides is 1. The zero-order chi connectivity index (χ0) is 17.8. The molecule has 0 saturated carbocycles. The van der Waals surface area contributed by atoms with E-state index in [4.69, 9.17) is 10.5 Å². The smallest absolute Gasteiger partial charge is 0.376 e. The number of hydrogen-bond acceptors (Lipinski definition) is 6. The number of fused-ring (bicyclic) bond motifs is 1. The molecule has 7 heteroatoms. The summed E-state index contributed by atoms with van der Waals surface area (Å²) in [4.78, 5) is 32.1. The van der Waals surface area contributed by atoms with E-state index in [0.29, 0.717) is 28.0 Å². The normalized spacial score (nSPS) is 10.4. The maximum atomic E-state index is 12.0. The number of nitrogens with zero attached hydrogens (tertiary/aromatic N) is 2. The van der Waals surface area contributed by atoms with Gasteiger partial charge >= 0.3 is 5.97 Å². The predicted molar refractivity (Wildman–Crippen MR) is 93.7 cm³/mol. The number of hydrogen-bond donors (Lipinski definition) is 2. The highest BCUT2D eigenvalue weighted by Crippen LogP contribution is 2.25. The number of nitrogens with two attached hydrogens (primary N) is 1. The lowest BCUT2D eigenvalue weighted by atomic mass is 10.1. The topological polar surface area (TPSA) is 107 Å². The Bertz CT molecular complexity index is 956. The second-order valence-electron chi connectivity index (χ2n) is 5.17. The van der Waals surface area contributed by atoms with Crippen LogP contribution in [0.4, 0.5) is 11.5 Å². The van der Waals surface area contributed by atoms with Crippen LogP contribution in [0.15, 0.2) is 48.5 Å². The van der Waals surface area contributed by atoms with Gasteiger partial charge in [-0.15, -0.1) is 0 Å². The van der Waals surface area contributed by atoms with E-state index in [0.717, 1.165) is 0 Å². The molecule has 1 amide bonds. The van der Waals surface area contributed by atoms with Gasteiger partial charge in [-0.1, -0.05) is 24.3 Å². The molecular formula is C18H16N4O3. The molecule has 0 atom stereocenters. The van der Waals surface area contributed by atoms with Crippen LogP contribution >= 0.6 is 0 Å². The van der Waals surface area contributed by atoms with Crippen molar-refractivity contribution < 1.29 is 14.3 Å². The highest BCUT2D eigenvalue weighted by Gasteiger charge is 2.16. The van der Waals surface area contributed by atoms with Gasteiger partial charge in [0.25, 0.3) is 5.91 Å². The summed E-state index contributed by atoms with van der Waals surface area (Å²) < 4.78 is 4.98. The van der Waals surface area contributed by atoms with Crippen molar-refractivity contribution in [3.63, 3.8) is 0 Å². The van der Waals surface area contributed by atoms with E-state index in [1.807, 2.05) is 18.2 Å². The highest BCUT2D eigenvalue weighted by atomic mass is 16.5. The number of nitrogens with one attached hydrogen (secondary N) is 1. The molecule has 3 aromatic rings. The third-order valence-corrected chi connectivity index (χ3v) is 3.51. The molecule has 25 heavy (non-hydrogen) atoms. The summed E-state index contributed by atoms with van der Waals surface area (Å²) in [5.41, 5.74) is 6.81. The number of rotatable bonds is 5. The van der Waals surface area contributed by atoms with Gasteiger partial charge in [-0.25, -0.2) is 14.8 Å². The second kappa shape index (κ2) is 6.96. The minimum Gasteiger partial charge on any atom is -0.460 e. The molecule has 7 nitrogen and oxygen atoms in total. The van der Waals surface area contributed by atoms with E-state index in [-0.39, 0.29) is 12.4 Å². The van der Waals surface area contributed by atoms with Crippen molar-refractivity contribution in [3.05, 3.63) is 59.9 Å². The summed E-state index contributed by atoms with van der Waals surface area (Å²) in [6.45, 7) is 1.93. The van der Waals surface area contributed by atoms with Crippen LogP contribution in [-0.2, 0) is 4.74 Å². The summed E-state index contributed by atoms with van der Waals surface area (Å²) in [7, 11) is 0. The predicted octanol–water partition coefficient (Wildman–Crippen LogP) is 2.65. The minimum absolute atomic E-state index is 0.0559. The van der Waals surface area contributed by atoms with Gasteiger partial charge in [0.05, 0.1) is 23.4 Å². The minimum atomic E-state index is -0.612. The Morgan fingerprint density at radius 3 is 2.56 bits per heavy atom. The van der Waals surface area contributed by atoms with Crippen LogP contribution in [0.5, 0.6) is 0 Å². The molecule has 1 heterocycles. The molecule has 0 aliphatic rings. The van der Waals surface area contributed by atoms with Crippen LogP contribution in [-0.4, -0.2) is 28.5 Å². The number of anilines is 2. The Balaban J connectivity index is 2.12. The van der Waals surface area contributed by atoms with Gasteiger partial charge in [-0.3, -0.25) is 4.79 Å². The van der Waals surface area contributed by atoms with Gasteiger partial charge in [-0.2, -0.15) is 0 Å². The maximum Gasteiger partial charge on any atom is 0.376 e. The number of para-hydroxylation sites is 2. The molecule has 3 N–H and O–H groups in total. The van der Waals surface area contributed by atoms with Crippen LogP contribution in [0, 0.1) is 0 Å². The largest absolute Gasteiger partial charge is 0.460 e. The molecule has 0 unspecified atom stereocenters. The Hall–Kier alpha value is -3.48. The van der Waals surface area contributed by atoms with E-state index >= 15 is 0 Å². The maximum absolute atomic E-state index is 12.0. The molecule has 2 aromatic carbocycles. The fourth-order valence-electron chi connectivity index (χ4n) is 2.39. The lowest BCUT2D eigenvalue weighted by Crippen LogP contribution is -2.14. The molecule has 0 saturated heterocycles. The first-order valence-corrected chi connectivity index (χ1v) is 7.70. The third-order valence-electron chi connectivity index (χ3n) is 3.51. The first kappa shape index (κ1) is 16.4. The zero-order valence-electron chi connectivity index (χ0n) is 13.5. The van der Waals surface area contributed by atoms with Crippen LogP contribution in [0.1, 0.15) is 27.9 Å². The summed E-state index contributed by atoms with van der Waals surface area (Å²) in [5.74, 6) is -0.839. The summed E-state index contributed by atoms with van der Waals surface area (Å²) >= 11 is 0. The Labute approximate surface area is 143 Å². The quantitative estimate of drug-likeness (QED) is 0.694. The molecule has 0 aliphatic carbocycles. The van der Waals surface area contributed by atoms with E-state index in [9.17, 15) is 9.59 Å². The standard InChI is InChI=1S/C18H16N4O3/c1-2-25-18(24)17-21-14-10-6-4-8-12(14)16(22-17)20-13-9-5-3-7-11(13)15(19)23/h3-10H,2H2,1H3,(H2,19,23)(H,20,21,22). The molecule has 126 valence electrons. The van der Waals surface area contributed by atoms with E-state index in [2.05, 4.69) is 15.3 Å². The third kappa shape index (κ3) is 3.40. The Morgan fingerprint density at radius 1 is 1.08 bits per heavy atom. The summed E-state index contributed by atoms with van der Waals surface area (Å²) in [6, 6.07) is 14.0. The van der Waals surface area contributed by atoms with Crippen molar-refractivity contribution in [1.82, 2.24) is 9.97 Å². The average molecular weight is 336 g/mol. The van der Waals surface area contributed by atoms with Crippen molar-refractivity contribution in [1.29, 1.82) is 0 Å². The molecule has 0 bridgehead atoms. The number of primary amides is 1. The van der Waals surface area contributed by atoms with Gasteiger partial charge in [-0.05, 0) is 31.2 Å². The Kier molecular flexibility index (Phi) is 4.56. The van der Waals surface area contributed by atoms with Gasteiger partial charge in [0, 0.05) is 5.39 Å². The molecule has 0 fully saturated rings. The summed E-state index contributed by atoms with van der Waals surface area (Å²) in [5, 5.41) is 3.78. The molecular weight excluding hydrogens is 320 g/mol. The number of aromatic nitrogens is 2. The van der Waals surface area contributed by atoms with Crippen molar-refractivity contribution in [2.24, 2.45) is 5.73 Å². The van der Waals surface area contributed by atoms with Gasteiger partial charge < -0.3 is 15.8 Å². The SMILES string of the molecule is CCOC(=O)c1nc(Nc2ccccc2C(N)=O)c2ccccc2n1. The highest BCUT2D eigenvalue weighted by molar-refractivity contribution is 6.01. The van der Waals surface area contributed by atoms with Crippen LogP contribution in [0.25, 0.3) is 10.9 Å². The van der Waals surface area contributed by atoms with Gasteiger partial charge in [0.1, 0.15) is 5.82 Å². The second-order valence-corrected chi connectivity index (χ2v) is 5.17. The van der Waals surface area contributed by atoms with Crippen molar-refractivity contribution in [3.8, 4) is 0 Å². The first-order valence-electron chi connectivity index (χ1n) is 7.70. The molecule has 3 rings (SSSR count). The van der Waals surface area contributed by atoms with E-state index < -0.39 is 11.9 Å². The van der Waals surface area contributed by atoms with Crippen LogP contribution in [0.3, 0.4) is 0 Å². The molecule has 0 spiro atoms. The lowest BCUT2D eigenvalue weighted by Gasteiger charge is -2.12. The Morgan fingerprint density at radius 2 is 1.80 bits per heavy atom. The fourth-order valence-corrected chi connectivity index (χ4v) is 2.39.